The van der Waals surface area contributed by atoms with Crippen LogP contribution in [-0.2, 0) is 9.53 Å². The van der Waals surface area contributed by atoms with Crippen molar-refractivity contribution >= 4 is 23.1 Å². The number of nitrogens with one attached hydrogen (secondary N) is 1. The summed E-state index contributed by atoms with van der Waals surface area (Å²) in [7, 11) is 0. The van der Waals surface area contributed by atoms with Gasteiger partial charge >= 0.3 is 0 Å². The standard InChI is InChI=1S/C12H20N2O2S/c15-12(14-6-8-16-9-7-14)11(17)13-10-4-2-1-3-5-10/h10H,1-9H2,(H,13,17). The van der Waals surface area contributed by atoms with Crippen LogP contribution in [-0.4, -0.2) is 48.1 Å². The molecule has 1 saturated heterocycles. The molecule has 2 rings (SSSR count). The van der Waals surface area contributed by atoms with Crippen LogP contribution in [0.15, 0.2) is 0 Å². The lowest BCUT2D eigenvalue weighted by atomic mass is 9.95. The number of rotatable bonds is 1. The maximum Gasteiger partial charge on any atom is 0.281 e. The summed E-state index contributed by atoms with van der Waals surface area (Å²) < 4.78 is 5.22. The summed E-state index contributed by atoms with van der Waals surface area (Å²) >= 11 is 5.20. The number of ether oxygens (including phenoxy) is 1. The Morgan fingerprint density at radius 3 is 2.47 bits per heavy atom. The average Bonchev–Trinajstić information content (AvgIpc) is 2.40. The van der Waals surface area contributed by atoms with E-state index < -0.39 is 0 Å². The molecule has 0 bridgehead atoms. The maximum absolute atomic E-state index is 12.0. The van der Waals surface area contributed by atoms with Crippen molar-refractivity contribution in [3.63, 3.8) is 0 Å². The quantitative estimate of drug-likeness (QED) is 0.713. The number of carbonyl (C=O) groups is 1. The Bertz CT molecular complexity index is 284. The fourth-order valence-electron chi connectivity index (χ4n) is 2.40. The van der Waals surface area contributed by atoms with Crippen molar-refractivity contribution in [3.05, 3.63) is 0 Å². The molecule has 1 N–H and O–H groups in total. The molecule has 1 amide bonds. The summed E-state index contributed by atoms with van der Waals surface area (Å²) in [5, 5.41) is 3.22. The Morgan fingerprint density at radius 1 is 1.18 bits per heavy atom. The van der Waals surface area contributed by atoms with Gasteiger partial charge in [0, 0.05) is 19.1 Å². The van der Waals surface area contributed by atoms with Gasteiger partial charge in [-0.05, 0) is 12.8 Å². The van der Waals surface area contributed by atoms with Crippen molar-refractivity contribution in [2.45, 2.75) is 38.1 Å². The van der Waals surface area contributed by atoms with Crippen LogP contribution >= 0.6 is 12.2 Å². The molecule has 0 unspecified atom stereocenters. The summed E-state index contributed by atoms with van der Waals surface area (Å²) in [6.45, 7) is 2.56. The van der Waals surface area contributed by atoms with Gasteiger partial charge in [-0.2, -0.15) is 0 Å². The third-order valence-electron chi connectivity index (χ3n) is 3.43. The lowest BCUT2D eigenvalue weighted by molar-refractivity contribution is -0.128. The molecule has 1 aliphatic heterocycles. The predicted molar refractivity (Wildman–Crippen MR) is 70.0 cm³/mol. The van der Waals surface area contributed by atoms with E-state index in [0.29, 0.717) is 37.3 Å². The largest absolute Gasteiger partial charge is 0.378 e. The first-order chi connectivity index (χ1) is 8.27. The highest BCUT2D eigenvalue weighted by Gasteiger charge is 2.23. The van der Waals surface area contributed by atoms with Crippen LogP contribution in [0.2, 0.25) is 0 Å². The number of morpholine rings is 1. The number of amides is 1. The zero-order valence-electron chi connectivity index (χ0n) is 10.1. The molecule has 2 fully saturated rings. The second kappa shape index (κ2) is 6.31. The molecule has 0 atom stereocenters. The molecule has 5 heteroatoms. The molecule has 1 aliphatic carbocycles. The second-order valence-electron chi connectivity index (χ2n) is 4.71. The molecule has 4 nitrogen and oxygen atoms in total. The number of hydrogen-bond acceptors (Lipinski definition) is 3. The Kier molecular flexibility index (Phi) is 4.74. The van der Waals surface area contributed by atoms with E-state index in [0.717, 1.165) is 12.8 Å². The third kappa shape index (κ3) is 3.64. The first-order valence-corrected chi connectivity index (χ1v) is 6.86. The topological polar surface area (TPSA) is 41.6 Å². The number of nitrogens with zero attached hydrogens (tertiary/aromatic N) is 1. The minimum atomic E-state index is -0.0335. The molecule has 0 aromatic carbocycles. The number of hydrogen-bond donors (Lipinski definition) is 1. The van der Waals surface area contributed by atoms with Crippen molar-refractivity contribution in [3.8, 4) is 0 Å². The third-order valence-corrected chi connectivity index (χ3v) is 3.73. The van der Waals surface area contributed by atoms with E-state index in [4.69, 9.17) is 17.0 Å². The smallest absolute Gasteiger partial charge is 0.281 e. The van der Waals surface area contributed by atoms with E-state index in [1.54, 1.807) is 4.90 Å². The Balaban J connectivity index is 1.79. The van der Waals surface area contributed by atoms with Crippen LogP contribution in [0, 0.1) is 0 Å². The van der Waals surface area contributed by atoms with Gasteiger partial charge in [0.2, 0.25) is 0 Å². The molecule has 1 saturated carbocycles. The second-order valence-corrected chi connectivity index (χ2v) is 5.12. The van der Waals surface area contributed by atoms with Crippen LogP contribution in [0.25, 0.3) is 0 Å². The van der Waals surface area contributed by atoms with Gasteiger partial charge in [-0.3, -0.25) is 4.79 Å². The lowest BCUT2D eigenvalue weighted by Crippen LogP contribution is -2.49. The highest BCUT2D eigenvalue weighted by atomic mass is 32.1. The minimum Gasteiger partial charge on any atom is -0.378 e. The number of thiocarbonyl (C=S) groups is 1. The normalized spacial score (nSPS) is 22.2. The summed E-state index contributed by atoms with van der Waals surface area (Å²) in [5.41, 5.74) is 0. The van der Waals surface area contributed by atoms with Crippen LogP contribution in [0.1, 0.15) is 32.1 Å². The van der Waals surface area contributed by atoms with Crippen LogP contribution in [0.5, 0.6) is 0 Å². The fraction of sp³-hybridized carbons (Fsp3) is 0.833. The van der Waals surface area contributed by atoms with Crippen molar-refractivity contribution in [2.24, 2.45) is 0 Å². The molecule has 0 aromatic rings. The van der Waals surface area contributed by atoms with Gasteiger partial charge < -0.3 is 15.0 Å². The zero-order valence-corrected chi connectivity index (χ0v) is 10.9. The zero-order chi connectivity index (χ0) is 12.1. The summed E-state index contributed by atoms with van der Waals surface area (Å²) in [6, 6.07) is 0.404. The molecule has 1 heterocycles. The first kappa shape index (κ1) is 12.8. The molecular formula is C12H20N2O2S. The van der Waals surface area contributed by atoms with Gasteiger partial charge in [0.25, 0.3) is 5.91 Å². The number of carbonyl (C=O) groups excluding carboxylic acids is 1. The lowest BCUT2D eigenvalue weighted by Gasteiger charge is -2.29. The summed E-state index contributed by atoms with van der Waals surface area (Å²) in [4.78, 5) is 14.2. The highest BCUT2D eigenvalue weighted by molar-refractivity contribution is 7.82. The monoisotopic (exact) mass is 256 g/mol. The van der Waals surface area contributed by atoms with E-state index in [2.05, 4.69) is 5.32 Å². The van der Waals surface area contributed by atoms with Crippen molar-refractivity contribution in [1.29, 1.82) is 0 Å². The molecule has 0 aromatic heterocycles. The van der Waals surface area contributed by atoms with Crippen LogP contribution < -0.4 is 5.32 Å². The SMILES string of the molecule is O=C(C(=S)NC1CCCCC1)N1CCOCC1. The first-order valence-electron chi connectivity index (χ1n) is 6.45. The van der Waals surface area contributed by atoms with Crippen molar-refractivity contribution in [1.82, 2.24) is 10.2 Å². The molecule has 0 spiro atoms. The van der Waals surface area contributed by atoms with Crippen LogP contribution in [0.3, 0.4) is 0 Å². The molecule has 0 radical (unpaired) electrons. The van der Waals surface area contributed by atoms with Gasteiger partial charge in [0.1, 0.15) is 0 Å². The van der Waals surface area contributed by atoms with Crippen molar-refractivity contribution in [2.75, 3.05) is 26.3 Å². The van der Waals surface area contributed by atoms with Gasteiger partial charge in [-0.1, -0.05) is 31.5 Å². The Hall–Kier alpha value is -0.680. The Morgan fingerprint density at radius 2 is 1.82 bits per heavy atom. The predicted octanol–water partition coefficient (Wildman–Crippen LogP) is 1.09. The van der Waals surface area contributed by atoms with E-state index in [-0.39, 0.29) is 5.91 Å². The van der Waals surface area contributed by atoms with E-state index in [1.165, 1.54) is 19.3 Å². The van der Waals surface area contributed by atoms with Gasteiger partial charge in [-0.25, -0.2) is 0 Å². The van der Waals surface area contributed by atoms with E-state index in [1.807, 2.05) is 0 Å². The molecule has 96 valence electrons. The fourth-order valence-corrected chi connectivity index (χ4v) is 2.70. The van der Waals surface area contributed by atoms with Gasteiger partial charge in [0.15, 0.2) is 4.99 Å². The molecule has 17 heavy (non-hydrogen) atoms. The van der Waals surface area contributed by atoms with E-state index in [9.17, 15) is 4.79 Å². The molecule has 2 aliphatic rings. The van der Waals surface area contributed by atoms with Crippen molar-refractivity contribution < 1.29 is 9.53 Å². The summed E-state index contributed by atoms with van der Waals surface area (Å²) in [5.74, 6) is -0.0335. The average molecular weight is 256 g/mol. The molecular weight excluding hydrogens is 236 g/mol. The Labute approximate surface area is 108 Å². The van der Waals surface area contributed by atoms with Gasteiger partial charge in [-0.15, -0.1) is 0 Å². The van der Waals surface area contributed by atoms with E-state index >= 15 is 0 Å². The van der Waals surface area contributed by atoms with Crippen LogP contribution in [0.4, 0.5) is 0 Å². The minimum absolute atomic E-state index is 0.0335. The summed E-state index contributed by atoms with van der Waals surface area (Å²) in [6.07, 6.45) is 6.06. The maximum atomic E-state index is 12.0. The van der Waals surface area contributed by atoms with Gasteiger partial charge in [0.05, 0.1) is 13.2 Å². The highest BCUT2D eigenvalue weighted by Crippen LogP contribution is 2.17.